The molecule has 0 radical (unpaired) electrons. The lowest BCUT2D eigenvalue weighted by Crippen LogP contribution is -2.35. The molecule has 6 nitrogen and oxygen atoms in total. The van der Waals surface area contributed by atoms with Crippen LogP contribution in [-0.2, 0) is 30.9 Å². The lowest BCUT2D eigenvalue weighted by atomic mass is 10.2. The second-order valence-corrected chi connectivity index (χ2v) is 7.75. The van der Waals surface area contributed by atoms with Crippen molar-refractivity contribution in [2.75, 3.05) is 14.2 Å². The van der Waals surface area contributed by atoms with Crippen LogP contribution in [0.15, 0.2) is 51.7 Å². The molecule has 0 N–H and O–H groups in total. The molecule has 2 aromatic rings. The van der Waals surface area contributed by atoms with Crippen molar-refractivity contribution in [1.29, 1.82) is 0 Å². The fraction of sp³-hybridized carbons (Fsp3) is 0.188. The second kappa shape index (κ2) is 6.29. The van der Waals surface area contributed by atoms with Gasteiger partial charge in [-0.3, -0.25) is 4.31 Å². The van der Waals surface area contributed by atoms with E-state index in [-0.39, 0.29) is 23.0 Å². The zero-order chi connectivity index (χ0) is 17.3. The third-order valence-electron chi connectivity index (χ3n) is 3.64. The van der Waals surface area contributed by atoms with Crippen molar-refractivity contribution in [3.05, 3.63) is 57.9 Å². The molecule has 3 rings (SSSR count). The molecule has 0 amide bonds. The monoisotopic (exact) mass is 365 g/mol. The van der Waals surface area contributed by atoms with E-state index in [0.29, 0.717) is 5.56 Å². The van der Waals surface area contributed by atoms with Gasteiger partial charge in [-0.05, 0) is 5.56 Å². The molecule has 2 heterocycles. The van der Waals surface area contributed by atoms with Crippen LogP contribution in [0, 0.1) is 0 Å². The maximum Gasteiger partial charge on any atom is 0.359 e. The molecule has 24 heavy (non-hydrogen) atoms. The fourth-order valence-corrected chi connectivity index (χ4v) is 4.92. The molecule has 0 fully saturated rings. The number of hydrogen-bond acceptors (Lipinski definition) is 6. The molecule has 1 aliphatic rings. The van der Waals surface area contributed by atoms with Gasteiger partial charge in [0.2, 0.25) is 0 Å². The Morgan fingerprint density at radius 3 is 2.58 bits per heavy atom. The number of thiophene rings is 1. The number of esters is 1. The molecule has 0 saturated carbocycles. The van der Waals surface area contributed by atoms with Crippen molar-refractivity contribution in [3.8, 4) is 0 Å². The van der Waals surface area contributed by atoms with E-state index in [2.05, 4.69) is 0 Å². The molecular weight excluding hydrogens is 350 g/mol. The van der Waals surface area contributed by atoms with E-state index in [1.54, 1.807) is 5.38 Å². The van der Waals surface area contributed by atoms with Crippen LogP contribution >= 0.6 is 11.3 Å². The van der Waals surface area contributed by atoms with Gasteiger partial charge in [-0.15, -0.1) is 0 Å². The lowest BCUT2D eigenvalue weighted by molar-refractivity contribution is -0.137. The first kappa shape index (κ1) is 16.5. The number of carbonyl (C=O) groups excluding carboxylic acids is 1. The predicted molar refractivity (Wildman–Crippen MR) is 89.4 cm³/mol. The highest BCUT2D eigenvalue weighted by atomic mass is 32.2. The molecule has 1 aromatic heterocycles. The number of nitrogens with zero attached hydrogens (tertiary/aromatic N) is 1. The van der Waals surface area contributed by atoms with E-state index in [4.69, 9.17) is 9.47 Å². The molecule has 0 bridgehead atoms. The molecule has 0 spiro atoms. The Labute approximate surface area is 144 Å². The highest BCUT2D eigenvalue weighted by molar-refractivity contribution is 7.89. The number of benzene rings is 1. The van der Waals surface area contributed by atoms with E-state index in [0.717, 1.165) is 9.87 Å². The van der Waals surface area contributed by atoms with Crippen molar-refractivity contribution >= 4 is 33.1 Å². The molecule has 1 aromatic carbocycles. The number of sulfonamides is 1. The molecule has 0 saturated heterocycles. The molecule has 0 aliphatic carbocycles. The van der Waals surface area contributed by atoms with Gasteiger partial charge in [0.1, 0.15) is 11.5 Å². The number of rotatable bonds is 4. The third kappa shape index (κ3) is 2.67. The number of methoxy groups -OCH3 is 1. The Kier molecular flexibility index (Phi) is 4.33. The lowest BCUT2D eigenvalue weighted by Gasteiger charge is -2.28. The minimum absolute atomic E-state index is 0.126. The smallest absolute Gasteiger partial charge is 0.359 e. The zero-order valence-electron chi connectivity index (χ0n) is 13.1. The minimum Gasteiger partial charge on any atom is -0.486 e. The summed E-state index contributed by atoms with van der Waals surface area (Å²) >= 11 is 1.23. The van der Waals surface area contributed by atoms with Crippen LogP contribution in [0.5, 0.6) is 0 Å². The topological polar surface area (TPSA) is 72.9 Å². The van der Waals surface area contributed by atoms with Crippen LogP contribution in [0.1, 0.15) is 11.1 Å². The quantitative estimate of drug-likeness (QED) is 0.778. The van der Waals surface area contributed by atoms with E-state index in [1.165, 1.54) is 30.9 Å². The molecular formula is C16H15NO5S2. The standard InChI is InChI=1S/C16H15NO5S2/c1-17-14(16(18)21-2)15(22-8-11-6-4-3-5-7-11)12-9-23-10-13(12)24(17,19)20/h3-7,9-10H,8H2,1-2H3. The molecule has 126 valence electrons. The Hall–Kier alpha value is -2.32. The van der Waals surface area contributed by atoms with Crippen molar-refractivity contribution < 1.29 is 22.7 Å². The highest BCUT2D eigenvalue weighted by Crippen LogP contribution is 2.39. The highest BCUT2D eigenvalue weighted by Gasteiger charge is 2.40. The Morgan fingerprint density at radius 1 is 1.21 bits per heavy atom. The average molecular weight is 365 g/mol. The van der Waals surface area contributed by atoms with Crippen LogP contribution in [0.2, 0.25) is 0 Å². The van der Waals surface area contributed by atoms with Gasteiger partial charge in [0.15, 0.2) is 11.5 Å². The third-order valence-corrected chi connectivity index (χ3v) is 6.33. The molecule has 8 heteroatoms. The largest absolute Gasteiger partial charge is 0.486 e. The van der Waals surface area contributed by atoms with Crippen molar-refractivity contribution in [2.24, 2.45) is 0 Å². The summed E-state index contributed by atoms with van der Waals surface area (Å²) in [7, 11) is -1.28. The Bertz CT molecular complexity index is 900. The SMILES string of the molecule is COC(=O)C1=C(OCc2ccccc2)c2cscc2S(=O)(=O)N1C. The van der Waals surface area contributed by atoms with E-state index < -0.39 is 16.0 Å². The van der Waals surface area contributed by atoms with Gasteiger partial charge in [-0.25, -0.2) is 13.2 Å². The Morgan fingerprint density at radius 2 is 1.92 bits per heavy atom. The predicted octanol–water partition coefficient (Wildman–Crippen LogP) is 2.44. The zero-order valence-corrected chi connectivity index (χ0v) is 14.7. The maximum atomic E-state index is 12.6. The minimum atomic E-state index is -3.79. The van der Waals surface area contributed by atoms with Gasteiger partial charge in [-0.2, -0.15) is 11.3 Å². The summed E-state index contributed by atoms with van der Waals surface area (Å²) in [5, 5.41) is 3.18. The van der Waals surface area contributed by atoms with Gasteiger partial charge in [0.05, 0.1) is 12.7 Å². The summed E-state index contributed by atoms with van der Waals surface area (Å²) in [4.78, 5) is 12.3. The molecule has 0 atom stereocenters. The van der Waals surface area contributed by atoms with Crippen LogP contribution in [-0.4, -0.2) is 32.8 Å². The van der Waals surface area contributed by atoms with Crippen LogP contribution in [0.3, 0.4) is 0 Å². The molecule has 0 unspecified atom stereocenters. The summed E-state index contributed by atoms with van der Waals surface area (Å²) < 4.78 is 36.6. The number of carbonyl (C=O) groups is 1. The van der Waals surface area contributed by atoms with Gasteiger partial charge in [-0.1, -0.05) is 30.3 Å². The number of fused-ring (bicyclic) bond motifs is 1. The average Bonchev–Trinajstić information content (AvgIpc) is 3.08. The summed E-state index contributed by atoms with van der Waals surface area (Å²) in [5.74, 6) is -0.555. The van der Waals surface area contributed by atoms with Crippen molar-refractivity contribution in [3.63, 3.8) is 0 Å². The van der Waals surface area contributed by atoms with Crippen LogP contribution in [0.4, 0.5) is 0 Å². The Balaban J connectivity index is 2.08. The van der Waals surface area contributed by atoms with Crippen molar-refractivity contribution in [2.45, 2.75) is 11.5 Å². The number of hydrogen-bond donors (Lipinski definition) is 0. The first-order valence-corrected chi connectivity index (χ1v) is 9.40. The van der Waals surface area contributed by atoms with E-state index >= 15 is 0 Å². The normalized spacial score (nSPS) is 15.8. The summed E-state index contributed by atoms with van der Waals surface area (Å²) in [6.07, 6.45) is 0. The van der Waals surface area contributed by atoms with Crippen LogP contribution in [0.25, 0.3) is 5.76 Å². The van der Waals surface area contributed by atoms with Gasteiger partial charge >= 0.3 is 5.97 Å². The number of ether oxygens (including phenoxy) is 2. The van der Waals surface area contributed by atoms with Crippen molar-refractivity contribution in [1.82, 2.24) is 4.31 Å². The summed E-state index contributed by atoms with van der Waals surface area (Å²) in [6.45, 7) is 0.208. The first-order chi connectivity index (χ1) is 11.5. The van der Waals surface area contributed by atoms with Gasteiger partial charge < -0.3 is 9.47 Å². The van der Waals surface area contributed by atoms with Crippen LogP contribution < -0.4 is 0 Å². The fourth-order valence-electron chi connectivity index (χ4n) is 2.38. The first-order valence-electron chi connectivity index (χ1n) is 7.01. The summed E-state index contributed by atoms with van der Waals surface area (Å²) in [5.41, 5.74) is 1.16. The second-order valence-electron chi connectivity index (χ2n) is 5.07. The number of likely N-dealkylation sites (N-methyl/N-ethyl adjacent to an activating group) is 1. The van der Waals surface area contributed by atoms with E-state index in [1.807, 2.05) is 30.3 Å². The van der Waals surface area contributed by atoms with E-state index in [9.17, 15) is 13.2 Å². The van der Waals surface area contributed by atoms with Gasteiger partial charge in [0.25, 0.3) is 10.0 Å². The summed E-state index contributed by atoms with van der Waals surface area (Å²) in [6, 6.07) is 9.41. The van der Waals surface area contributed by atoms with Gasteiger partial charge in [0, 0.05) is 17.8 Å². The maximum absolute atomic E-state index is 12.6. The molecule has 1 aliphatic heterocycles.